The van der Waals surface area contributed by atoms with E-state index in [1.807, 2.05) is 12.1 Å². The van der Waals surface area contributed by atoms with E-state index in [0.717, 1.165) is 31.9 Å². The van der Waals surface area contributed by atoms with Crippen molar-refractivity contribution in [3.8, 4) is 0 Å². The lowest BCUT2D eigenvalue weighted by Crippen LogP contribution is -2.29. The Morgan fingerprint density at radius 1 is 1.14 bits per heavy atom. The Hall–Kier alpha value is -2.48. The van der Waals surface area contributed by atoms with Gasteiger partial charge in [0.05, 0.1) is 0 Å². The number of pyridine rings is 1. The Balaban J connectivity index is 1.70. The second kappa shape index (κ2) is 9.64. The molecule has 3 rings (SSSR count). The van der Waals surface area contributed by atoms with Crippen LogP contribution in [0, 0.1) is 22.1 Å². The van der Waals surface area contributed by atoms with E-state index in [2.05, 4.69) is 15.5 Å². The predicted octanol–water partition coefficient (Wildman–Crippen LogP) is 2.84. The molecule has 0 bridgehead atoms. The van der Waals surface area contributed by atoms with Crippen LogP contribution in [0.1, 0.15) is 44.1 Å². The van der Waals surface area contributed by atoms with Crippen LogP contribution in [0.3, 0.4) is 0 Å². The van der Waals surface area contributed by atoms with Crippen molar-refractivity contribution in [2.75, 3.05) is 43.4 Å². The van der Waals surface area contributed by atoms with Gasteiger partial charge in [0.1, 0.15) is 17.3 Å². The SMILES string of the molecule is CNc1nc(N2CCCCCCC2)ccc1C(=N)C(=N)OC(=N)C1CCNC1. The van der Waals surface area contributed by atoms with Crippen LogP contribution in [0.5, 0.6) is 0 Å². The molecule has 0 aliphatic carbocycles. The largest absolute Gasteiger partial charge is 0.423 e. The van der Waals surface area contributed by atoms with Crippen molar-refractivity contribution in [1.29, 1.82) is 16.2 Å². The van der Waals surface area contributed by atoms with Crippen LogP contribution < -0.4 is 15.5 Å². The molecule has 8 heteroatoms. The average molecular weight is 386 g/mol. The molecule has 2 aliphatic rings. The molecule has 1 unspecified atom stereocenters. The Labute approximate surface area is 166 Å². The second-order valence-electron chi connectivity index (χ2n) is 7.43. The van der Waals surface area contributed by atoms with E-state index < -0.39 is 0 Å². The molecule has 2 fully saturated rings. The number of nitrogens with zero attached hydrogens (tertiary/aromatic N) is 2. The van der Waals surface area contributed by atoms with Crippen molar-refractivity contribution < 1.29 is 4.74 Å². The van der Waals surface area contributed by atoms with Crippen LogP contribution in [0.2, 0.25) is 0 Å². The third kappa shape index (κ3) is 4.86. The summed E-state index contributed by atoms with van der Waals surface area (Å²) in [5.74, 6) is 1.18. The fourth-order valence-corrected chi connectivity index (χ4v) is 3.74. The normalized spacial score (nSPS) is 20.2. The molecule has 5 N–H and O–H groups in total. The van der Waals surface area contributed by atoms with Gasteiger partial charge in [0, 0.05) is 38.2 Å². The number of hydrogen-bond donors (Lipinski definition) is 5. The summed E-state index contributed by atoms with van der Waals surface area (Å²) in [5.41, 5.74) is 0.451. The van der Waals surface area contributed by atoms with Gasteiger partial charge in [-0.2, -0.15) is 0 Å². The third-order valence-electron chi connectivity index (χ3n) is 5.44. The van der Waals surface area contributed by atoms with Gasteiger partial charge in [-0.3, -0.25) is 16.2 Å². The topological polar surface area (TPSA) is 121 Å². The number of nitrogens with one attached hydrogen (secondary N) is 5. The molecule has 152 valence electrons. The van der Waals surface area contributed by atoms with E-state index in [-0.39, 0.29) is 23.4 Å². The highest BCUT2D eigenvalue weighted by Gasteiger charge is 2.24. The zero-order valence-corrected chi connectivity index (χ0v) is 16.6. The standard InChI is InChI=1S/C20H31N7O/c1-24-20-15(17(21)19(23)28-18(22)14-9-10-25-13-14)7-8-16(26-20)27-11-5-3-2-4-6-12-27/h7-8,14,21-23,25H,2-6,9-13H2,1H3,(H,24,26). The van der Waals surface area contributed by atoms with Crippen LogP contribution in [-0.4, -0.2) is 55.7 Å². The Morgan fingerprint density at radius 3 is 2.50 bits per heavy atom. The summed E-state index contributed by atoms with van der Waals surface area (Å²) in [6, 6.07) is 3.75. The molecule has 1 aromatic heterocycles. The maximum absolute atomic E-state index is 8.37. The molecule has 0 saturated carbocycles. The van der Waals surface area contributed by atoms with Crippen molar-refractivity contribution in [1.82, 2.24) is 10.3 Å². The van der Waals surface area contributed by atoms with Crippen molar-refractivity contribution in [2.45, 2.75) is 38.5 Å². The molecule has 0 spiro atoms. The van der Waals surface area contributed by atoms with Gasteiger partial charge >= 0.3 is 0 Å². The van der Waals surface area contributed by atoms with Gasteiger partial charge in [0.15, 0.2) is 5.90 Å². The Morgan fingerprint density at radius 2 is 1.86 bits per heavy atom. The minimum Gasteiger partial charge on any atom is -0.423 e. The van der Waals surface area contributed by atoms with Crippen LogP contribution in [0.4, 0.5) is 11.6 Å². The molecule has 2 aliphatic heterocycles. The summed E-state index contributed by atoms with van der Waals surface area (Å²) >= 11 is 0. The molecule has 8 nitrogen and oxygen atoms in total. The molecule has 1 atom stereocenters. The minimum atomic E-state index is -0.311. The van der Waals surface area contributed by atoms with Gasteiger partial charge in [-0.25, -0.2) is 4.98 Å². The lowest BCUT2D eigenvalue weighted by Gasteiger charge is -2.26. The highest BCUT2D eigenvalue weighted by atomic mass is 16.5. The minimum absolute atomic E-state index is 0.0236. The van der Waals surface area contributed by atoms with Gasteiger partial charge < -0.3 is 20.3 Å². The summed E-state index contributed by atoms with van der Waals surface area (Å²) in [6.07, 6.45) is 7.00. The average Bonchev–Trinajstić information content (AvgIpc) is 3.21. The lowest BCUT2D eigenvalue weighted by molar-refractivity contribution is 0.486. The van der Waals surface area contributed by atoms with Gasteiger partial charge in [-0.1, -0.05) is 19.3 Å². The second-order valence-corrected chi connectivity index (χ2v) is 7.43. The van der Waals surface area contributed by atoms with E-state index in [1.54, 1.807) is 7.05 Å². The zero-order valence-electron chi connectivity index (χ0n) is 16.6. The van der Waals surface area contributed by atoms with E-state index in [1.165, 1.54) is 32.1 Å². The number of aromatic nitrogens is 1. The number of anilines is 2. The summed E-state index contributed by atoms with van der Waals surface area (Å²) < 4.78 is 5.36. The van der Waals surface area contributed by atoms with E-state index in [9.17, 15) is 0 Å². The first-order chi connectivity index (χ1) is 13.6. The lowest BCUT2D eigenvalue weighted by atomic mass is 10.1. The summed E-state index contributed by atoms with van der Waals surface area (Å²) in [7, 11) is 1.77. The maximum Gasteiger partial charge on any atom is 0.239 e. The van der Waals surface area contributed by atoms with Crippen molar-refractivity contribution in [3.63, 3.8) is 0 Å². The Bertz CT molecular complexity index is 719. The quantitative estimate of drug-likeness (QED) is 0.394. The first-order valence-corrected chi connectivity index (χ1v) is 10.2. The first kappa shape index (κ1) is 20.3. The summed E-state index contributed by atoms with van der Waals surface area (Å²) in [5, 5.41) is 30.8. The van der Waals surface area contributed by atoms with Crippen LogP contribution in [0.15, 0.2) is 12.1 Å². The predicted molar refractivity (Wildman–Crippen MR) is 113 cm³/mol. The summed E-state index contributed by atoms with van der Waals surface area (Å²) in [6.45, 7) is 3.54. The molecule has 3 heterocycles. The highest BCUT2D eigenvalue weighted by Crippen LogP contribution is 2.23. The zero-order chi connectivity index (χ0) is 19.9. The monoisotopic (exact) mass is 385 g/mol. The van der Waals surface area contributed by atoms with Crippen molar-refractivity contribution in [2.24, 2.45) is 5.92 Å². The maximum atomic E-state index is 8.37. The van der Waals surface area contributed by atoms with E-state index in [4.69, 9.17) is 25.9 Å². The van der Waals surface area contributed by atoms with Gasteiger partial charge in [0.2, 0.25) is 5.90 Å². The molecule has 0 aromatic carbocycles. The number of ether oxygens (including phenoxy) is 1. The van der Waals surface area contributed by atoms with E-state index >= 15 is 0 Å². The molecule has 28 heavy (non-hydrogen) atoms. The fourth-order valence-electron chi connectivity index (χ4n) is 3.74. The molecule has 0 amide bonds. The summed E-state index contributed by atoms with van der Waals surface area (Å²) in [4.78, 5) is 7.01. The fraction of sp³-hybridized carbons (Fsp3) is 0.600. The molecule has 0 radical (unpaired) electrons. The van der Waals surface area contributed by atoms with Crippen LogP contribution in [-0.2, 0) is 4.74 Å². The highest BCUT2D eigenvalue weighted by molar-refractivity contribution is 6.45. The van der Waals surface area contributed by atoms with Crippen molar-refractivity contribution in [3.05, 3.63) is 17.7 Å². The molecular formula is C20H31N7O. The Kier molecular flexibility index (Phi) is 6.97. The smallest absolute Gasteiger partial charge is 0.239 e. The van der Waals surface area contributed by atoms with Gasteiger partial charge in [-0.05, 0) is 37.9 Å². The van der Waals surface area contributed by atoms with Crippen LogP contribution in [0.25, 0.3) is 0 Å². The van der Waals surface area contributed by atoms with Crippen molar-refractivity contribution >= 4 is 29.1 Å². The number of hydrogen-bond acceptors (Lipinski definition) is 8. The molecule has 2 saturated heterocycles. The first-order valence-electron chi connectivity index (χ1n) is 10.2. The third-order valence-corrected chi connectivity index (χ3v) is 5.44. The molecule has 1 aromatic rings. The van der Waals surface area contributed by atoms with Gasteiger partial charge in [-0.15, -0.1) is 0 Å². The van der Waals surface area contributed by atoms with Crippen LogP contribution >= 0.6 is 0 Å². The number of rotatable bonds is 5. The van der Waals surface area contributed by atoms with Gasteiger partial charge in [0.25, 0.3) is 0 Å². The molecular weight excluding hydrogens is 354 g/mol. The van der Waals surface area contributed by atoms with E-state index in [0.29, 0.717) is 17.9 Å².